The molecule has 0 aliphatic rings. The van der Waals surface area contributed by atoms with Crippen molar-refractivity contribution in [3.8, 4) is 5.75 Å². The Morgan fingerprint density at radius 1 is 1.19 bits per heavy atom. The van der Waals surface area contributed by atoms with E-state index in [0.717, 1.165) is 38.0 Å². The fraction of sp³-hybridized carbons (Fsp3) is 0.538. The zero-order valence-corrected chi connectivity index (χ0v) is 9.89. The zero-order valence-electron chi connectivity index (χ0n) is 9.89. The lowest BCUT2D eigenvalue weighted by atomic mass is 10.2. The van der Waals surface area contributed by atoms with Crippen LogP contribution in [0.4, 0.5) is 0 Å². The first kappa shape index (κ1) is 13.0. The van der Waals surface area contributed by atoms with Gasteiger partial charge in [-0.3, -0.25) is 4.90 Å². The van der Waals surface area contributed by atoms with E-state index in [1.54, 1.807) is 6.07 Å². The molecule has 1 rings (SSSR count). The zero-order chi connectivity index (χ0) is 11.8. The minimum absolute atomic E-state index is 0.223. The molecule has 0 fully saturated rings. The van der Waals surface area contributed by atoms with Gasteiger partial charge in [0.2, 0.25) is 0 Å². The average molecular weight is 223 g/mol. The van der Waals surface area contributed by atoms with Gasteiger partial charge in [0.05, 0.1) is 0 Å². The van der Waals surface area contributed by atoms with E-state index in [9.17, 15) is 5.11 Å². The van der Waals surface area contributed by atoms with Crippen molar-refractivity contribution in [2.45, 2.75) is 26.3 Å². The van der Waals surface area contributed by atoms with Gasteiger partial charge in [-0.15, -0.1) is 0 Å². The molecule has 3 heteroatoms. The first-order valence-corrected chi connectivity index (χ1v) is 5.88. The first-order valence-electron chi connectivity index (χ1n) is 5.88. The van der Waals surface area contributed by atoms with Gasteiger partial charge in [-0.1, -0.05) is 25.1 Å². The molecule has 90 valence electrons. The van der Waals surface area contributed by atoms with Crippen molar-refractivity contribution in [2.24, 2.45) is 0 Å². The van der Waals surface area contributed by atoms with Crippen molar-refractivity contribution in [3.63, 3.8) is 0 Å². The smallest absolute Gasteiger partial charge is 0.120 e. The lowest BCUT2D eigenvalue weighted by molar-refractivity contribution is 0.217. The molecule has 0 radical (unpaired) electrons. The summed E-state index contributed by atoms with van der Waals surface area (Å²) >= 11 is 0. The molecule has 16 heavy (non-hydrogen) atoms. The number of hydrogen-bond acceptors (Lipinski definition) is 3. The Hall–Kier alpha value is -1.06. The minimum Gasteiger partial charge on any atom is -0.508 e. The Bertz CT molecular complexity index is 302. The molecule has 0 spiro atoms. The largest absolute Gasteiger partial charge is 0.508 e. The van der Waals surface area contributed by atoms with E-state index >= 15 is 0 Å². The summed E-state index contributed by atoms with van der Waals surface area (Å²) in [6, 6.07) is 7.42. The molecule has 0 unspecified atom stereocenters. The van der Waals surface area contributed by atoms with E-state index in [4.69, 9.17) is 5.11 Å². The highest BCUT2D eigenvalue weighted by molar-refractivity contribution is 5.31. The van der Waals surface area contributed by atoms with Gasteiger partial charge in [0.15, 0.2) is 0 Å². The summed E-state index contributed by atoms with van der Waals surface area (Å²) in [6.07, 6.45) is 1.87. The summed E-state index contributed by atoms with van der Waals surface area (Å²) in [5.74, 6) is 0.354. The number of rotatable bonds is 7. The van der Waals surface area contributed by atoms with Gasteiger partial charge in [-0.2, -0.15) is 0 Å². The lowest BCUT2D eigenvalue weighted by Crippen LogP contribution is -2.25. The quantitative estimate of drug-likeness (QED) is 0.743. The van der Waals surface area contributed by atoms with Crippen LogP contribution in [0.1, 0.15) is 25.3 Å². The molecule has 0 aliphatic heterocycles. The summed E-state index contributed by atoms with van der Waals surface area (Å²) < 4.78 is 0. The Balaban J connectivity index is 2.56. The van der Waals surface area contributed by atoms with Crippen molar-refractivity contribution in [2.75, 3.05) is 19.7 Å². The second-order valence-electron chi connectivity index (χ2n) is 3.98. The highest BCUT2D eigenvalue weighted by Crippen LogP contribution is 2.17. The number of aliphatic hydroxyl groups excluding tert-OH is 1. The van der Waals surface area contributed by atoms with E-state index in [-0.39, 0.29) is 6.61 Å². The van der Waals surface area contributed by atoms with Crippen molar-refractivity contribution < 1.29 is 10.2 Å². The van der Waals surface area contributed by atoms with Gasteiger partial charge >= 0.3 is 0 Å². The number of aliphatic hydroxyl groups is 1. The third-order valence-electron chi connectivity index (χ3n) is 2.56. The fourth-order valence-corrected chi connectivity index (χ4v) is 1.77. The van der Waals surface area contributed by atoms with E-state index in [2.05, 4.69) is 11.8 Å². The van der Waals surface area contributed by atoms with E-state index < -0.39 is 0 Å². The maximum atomic E-state index is 9.68. The molecule has 0 saturated heterocycles. The van der Waals surface area contributed by atoms with Crippen LogP contribution < -0.4 is 0 Å². The standard InChI is InChI=1S/C13H21NO2/c1-2-8-14(9-5-10-15)11-12-6-3-4-7-13(12)16/h3-4,6-7,15-16H,2,5,8-11H2,1H3. The predicted octanol–water partition coefficient (Wildman–Crippen LogP) is 1.99. The normalized spacial score (nSPS) is 10.9. The highest BCUT2D eigenvalue weighted by Gasteiger charge is 2.07. The van der Waals surface area contributed by atoms with E-state index in [1.165, 1.54) is 0 Å². The van der Waals surface area contributed by atoms with Crippen LogP contribution in [0.5, 0.6) is 5.75 Å². The number of aromatic hydroxyl groups is 1. The molecule has 1 aromatic rings. The van der Waals surface area contributed by atoms with Crippen LogP contribution in [-0.4, -0.2) is 34.8 Å². The Morgan fingerprint density at radius 3 is 2.56 bits per heavy atom. The van der Waals surface area contributed by atoms with Crippen LogP contribution in [-0.2, 0) is 6.54 Å². The summed E-state index contributed by atoms with van der Waals surface area (Å²) in [6.45, 7) is 4.98. The summed E-state index contributed by atoms with van der Waals surface area (Å²) in [5, 5.41) is 18.5. The molecule has 0 atom stereocenters. The molecule has 0 heterocycles. The maximum Gasteiger partial charge on any atom is 0.120 e. The van der Waals surface area contributed by atoms with Gasteiger partial charge in [-0.05, 0) is 25.5 Å². The number of phenolic OH excluding ortho intramolecular Hbond substituents is 1. The highest BCUT2D eigenvalue weighted by atomic mass is 16.3. The van der Waals surface area contributed by atoms with Crippen molar-refractivity contribution in [3.05, 3.63) is 29.8 Å². The summed E-state index contributed by atoms with van der Waals surface area (Å²) in [7, 11) is 0. The summed E-state index contributed by atoms with van der Waals surface area (Å²) in [4.78, 5) is 2.26. The SMILES string of the molecule is CCCN(CCCO)Cc1ccccc1O. The van der Waals surface area contributed by atoms with Crippen LogP contribution in [0.25, 0.3) is 0 Å². The van der Waals surface area contributed by atoms with Crippen LogP contribution in [0.15, 0.2) is 24.3 Å². The van der Waals surface area contributed by atoms with Gasteiger partial charge in [0.25, 0.3) is 0 Å². The van der Waals surface area contributed by atoms with Crippen molar-refractivity contribution in [1.82, 2.24) is 4.90 Å². The Labute approximate surface area is 97.3 Å². The van der Waals surface area contributed by atoms with Gasteiger partial charge in [0.1, 0.15) is 5.75 Å². The number of para-hydroxylation sites is 1. The Morgan fingerprint density at radius 2 is 1.94 bits per heavy atom. The molecule has 0 aromatic heterocycles. The van der Waals surface area contributed by atoms with Gasteiger partial charge in [-0.25, -0.2) is 0 Å². The Kier molecular flexibility index (Phi) is 5.90. The fourth-order valence-electron chi connectivity index (χ4n) is 1.77. The molecular formula is C13H21NO2. The average Bonchev–Trinajstić information content (AvgIpc) is 2.29. The predicted molar refractivity (Wildman–Crippen MR) is 65.4 cm³/mol. The molecular weight excluding hydrogens is 202 g/mol. The number of nitrogens with zero attached hydrogens (tertiary/aromatic N) is 1. The maximum absolute atomic E-state index is 9.68. The van der Waals surface area contributed by atoms with E-state index in [0.29, 0.717) is 5.75 Å². The van der Waals surface area contributed by atoms with Crippen molar-refractivity contribution >= 4 is 0 Å². The van der Waals surface area contributed by atoms with Crippen LogP contribution >= 0.6 is 0 Å². The molecule has 3 nitrogen and oxygen atoms in total. The van der Waals surface area contributed by atoms with Crippen LogP contribution in [0, 0.1) is 0 Å². The number of hydrogen-bond donors (Lipinski definition) is 2. The van der Waals surface area contributed by atoms with E-state index in [1.807, 2.05) is 18.2 Å². The molecule has 0 aliphatic carbocycles. The third-order valence-corrected chi connectivity index (χ3v) is 2.56. The second kappa shape index (κ2) is 7.25. The molecule has 0 bridgehead atoms. The number of benzene rings is 1. The molecule has 0 amide bonds. The topological polar surface area (TPSA) is 43.7 Å². The first-order chi connectivity index (χ1) is 7.77. The summed E-state index contributed by atoms with van der Waals surface area (Å²) in [5.41, 5.74) is 0.953. The minimum atomic E-state index is 0.223. The molecule has 0 saturated carbocycles. The second-order valence-corrected chi connectivity index (χ2v) is 3.98. The monoisotopic (exact) mass is 223 g/mol. The van der Waals surface area contributed by atoms with Crippen LogP contribution in [0.2, 0.25) is 0 Å². The van der Waals surface area contributed by atoms with Gasteiger partial charge < -0.3 is 10.2 Å². The third kappa shape index (κ3) is 4.21. The molecule has 2 N–H and O–H groups in total. The number of phenols is 1. The van der Waals surface area contributed by atoms with Crippen molar-refractivity contribution in [1.29, 1.82) is 0 Å². The molecule has 1 aromatic carbocycles. The lowest BCUT2D eigenvalue weighted by Gasteiger charge is -2.21. The van der Waals surface area contributed by atoms with Crippen LogP contribution in [0.3, 0.4) is 0 Å². The van der Waals surface area contributed by atoms with Gasteiger partial charge in [0, 0.05) is 25.3 Å².